The molecule has 1 aromatic heterocycles. The van der Waals surface area contributed by atoms with Crippen molar-refractivity contribution in [3.05, 3.63) is 83.6 Å². The molecular weight excluding hydrogens is 342 g/mol. The molecule has 0 radical (unpaired) electrons. The van der Waals surface area contributed by atoms with E-state index in [4.69, 9.17) is 4.74 Å². The number of ether oxygens (including phenoxy) is 1. The lowest BCUT2D eigenvalue weighted by Crippen LogP contribution is -2.12. The molecular formula is C21H19N3O3. The molecule has 0 spiro atoms. The highest BCUT2D eigenvalue weighted by Gasteiger charge is 2.12. The van der Waals surface area contributed by atoms with Crippen LogP contribution < -0.4 is 10.6 Å². The van der Waals surface area contributed by atoms with Crippen molar-refractivity contribution in [1.82, 2.24) is 4.98 Å². The van der Waals surface area contributed by atoms with Crippen molar-refractivity contribution >= 4 is 29.1 Å². The Labute approximate surface area is 157 Å². The summed E-state index contributed by atoms with van der Waals surface area (Å²) in [6, 6.07) is 17.9. The van der Waals surface area contributed by atoms with Crippen LogP contribution in [0.5, 0.6) is 0 Å². The van der Waals surface area contributed by atoms with Gasteiger partial charge in [0.15, 0.2) is 0 Å². The Kier molecular flexibility index (Phi) is 5.47. The first kappa shape index (κ1) is 18.1. The fourth-order valence-electron chi connectivity index (χ4n) is 2.55. The molecule has 0 unspecified atom stereocenters. The summed E-state index contributed by atoms with van der Waals surface area (Å²) >= 11 is 0. The third kappa shape index (κ3) is 4.49. The number of pyridine rings is 1. The SMILES string of the molecule is COC(=O)c1ccccc1Nc1ccc(C(=O)Nc2cccc(C)c2)cn1. The number of nitrogens with zero attached hydrogens (tertiary/aromatic N) is 1. The minimum atomic E-state index is -0.438. The van der Waals surface area contributed by atoms with Crippen LogP contribution in [0, 0.1) is 6.92 Å². The van der Waals surface area contributed by atoms with Crippen LogP contribution in [-0.4, -0.2) is 24.0 Å². The molecule has 3 aromatic rings. The Balaban J connectivity index is 1.72. The van der Waals surface area contributed by atoms with E-state index in [2.05, 4.69) is 15.6 Å². The van der Waals surface area contributed by atoms with Crippen molar-refractivity contribution in [2.75, 3.05) is 17.7 Å². The highest BCUT2D eigenvalue weighted by molar-refractivity contribution is 6.04. The highest BCUT2D eigenvalue weighted by atomic mass is 16.5. The summed E-state index contributed by atoms with van der Waals surface area (Å²) in [5.41, 5.74) is 3.21. The molecule has 1 heterocycles. The van der Waals surface area contributed by atoms with Crippen LogP contribution in [-0.2, 0) is 4.74 Å². The minimum Gasteiger partial charge on any atom is -0.465 e. The molecule has 1 amide bonds. The number of aromatic nitrogens is 1. The Bertz CT molecular complexity index is 968. The molecule has 2 N–H and O–H groups in total. The minimum absolute atomic E-state index is 0.241. The van der Waals surface area contributed by atoms with Crippen LogP contribution in [0.3, 0.4) is 0 Å². The molecule has 0 saturated carbocycles. The van der Waals surface area contributed by atoms with Crippen LogP contribution in [0.2, 0.25) is 0 Å². The summed E-state index contributed by atoms with van der Waals surface area (Å²) in [6.07, 6.45) is 1.48. The van der Waals surface area contributed by atoms with Gasteiger partial charge in [-0.1, -0.05) is 24.3 Å². The van der Waals surface area contributed by atoms with Gasteiger partial charge in [-0.25, -0.2) is 9.78 Å². The van der Waals surface area contributed by atoms with Crippen LogP contribution in [0.4, 0.5) is 17.2 Å². The maximum absolute atomic E-state index is 12.3. The number of aryl methyl sites for hydroxylation is 1. The second kappa shape index (κ2) is 8.14. The number of carbonyl (C=O) groups is 2. The van der Waals surface area contributed by atoms with Crippen molar-refractivity contribution < 1.29 is 14.3 Å². The zero-order valence-electron chi connectivity index (χ0n) is 15.0. The number of hydrogen-bond acceptors (Lipinski definition) is 5. The molecule has 136 valence electrons. The first-order valence-electron chi connectivity index (χ1n) is 8.35. The number of nitrogens with one attached hydrogen (secondary N) is 2. The van der Waals surface area contributed by atoms with Gasteiger partial charge in [-0.05, 0) is 48.9 Å². The van der Waals surface area contributed by atoms with Gasteiger partial charge >= 0.3 is 5.97 Å². The van der Waals surface area contributed by atoms with Crippen molar-refractivity contribution in [1.29, 1.82) is 0 Å². The number of hydrogen-bond donors (Lipinski definition) is 2. The van der Waals surface area contributed by atoms with Gasteiger partial charge in [-0.2, -0.15) is 0 Å². The molecule has 0 aliphatic heterocycles. The number of amides is 1. The van der Waals surface area contributed by atoms with Crippen LogP contribution >= 0.6 is 0 Å². The van der Waals surface area contributed by atoms with Gasteiger partial charge in [0.25, 0.3) is 5.91 Å². The number of para-hydroxylation sites is 1. The summed E-state index contributed by atoms with van der Waals surface area (Å²) in [4.78, 5) is 28.4. The molecule has 6 nitrogen and oxygen atoms in total. The van der Waals surface area contributed by atoms with Gasteiger partial charge in [0.05, 0.1) is 23.9 Å². The summed E-state index contributed by atoms with van der Waals surface area (Å²) in [5.74, 6) is -0.166. The van der Waals surface area contributed by atoms with E-state index in [1.807, 2.05) is 31.2 Å². The summed E-state index contributed by atoms with van der Waals surface area (Å²) in [6.45, 7) is 1.96. The molecule has 0 fully saturated rings. The highest BCUT2D eigenvalue weighted by Crippen LogP contribution is 2.20. The zero-order chi connectivity index (χ0) is 19.2. The van der Waals surface area contributed by atoms with Crippen LogP contribution in [0.25, 0.3) is 0 Å². The van der Waals surface area contributed by atoms with Gasteiger partial charge in [-0.3, -0.25) is 4.79 Å². The number of rotatable bonds is 5. The smallest absolute Gasteiger partial charge is 0.339 e. The van der Waals surface area contributed by atoms with E-state index in [0.717, 1.165) is 11.3 Å². The number of methoxy groups -OCH3 is 1. The molecule has 2 aromatic carbocycles. The third-order valence-electron chi connectivity index (χ3n) is 3.90. The number of benzene rings is 2. The summed E-state index contributed by atoms with van der Waals surface area (Å²) in [5, 5.41) is 5.91. The maximum Gasteiger partial charge on any atom is 0.339 e. The fraction of sp³-hybridized carbons (Fsp3) is 0.0952. The lowest BCUT2D eigenvalue weighted by atomic mass is 10.1. The van der Waals surface area contributed by atoms with Crippen LogP contribution in [0.15, 0.2) is 66.9 Å². The van der Waals surface area contributed by atoms with E-state index >= 15 is 0 Å². The van der Waals surface area contributed by atoms with Crippen LogP contribution in [0.1, 0.15) is 26.3 Å². The molecule has 0 atom stereocenters. The number of esters is 1. The Morgan fingerprint density at radius 2 is 1.81 bits per heavy atom. The largest absolute Gasteiger partial charge is 0.465 e. The summed E-state index contributed by atoms with van der Waals surface area (Å²) < 4.78 is 4.78. The Hall–Kier alpha value is -3.67. The van der Waals surface area contributed by atoms with Crippen molar-refractivity contribution in [3.8, 4) is 0 Å². The van der Waals surface area contributed by atoms with Gasteiger partial charge in [-0.15, -0.1) is 0 Å². The van der Waals surface area contributed by atoms with E-state index in [1.165, 1.54) is 13.3 Å². The predicted octanol–water partition coefficient (Wildman–Crippen LogP) is 4.17. The average molecular weight is 361 g/mol. The van der Waals surface area contributed by atoms with Gasteiger partial charge < -0.3 is 15.4 Å². The third-order valence-corrected chi connectivity index (χ3v) is 3.90. The van der Waals surface area contributed by atoms with E-state index in [9.17, 15) is 9.59 Å². The molecule has 6 heteroatoms. The first-order chi connectivity index (χ1) is 13.1. The summed E-state index contributed by atoms with van der Waals surface area (Å²) in [7, 11) is 1.33. The Morgan fingerprint density at radius 1 is 1.00 bits per heavy atom. The average Bonchev–Trinajstić information content (AvgIpc) is 2.68. The topological polar surface area (TPSA) is 80.3 Å². The predicted molar refractivity (Wildman–Crippen MR) is 104 cm³/mol. The van der Waals surface area contributed by atoms with E-state index in [-0.39, 0.29) is 5.91 Å². The normalized spacial score (nSPS) is 10.1. The first-order valence-corrected chi connectivity index (χ1v) is 8.35. The molecule has 0 aliphatic carbocycles. The standard InChI is InChI=1S/C21H19N3O3/c1-14-6-5-7-16(12-14)23-20(25)15-10-11-19(22-13-15)24-18-9-4-3-8-17(18)21(26)27-2/h3-13H,1-2H3,(H,22,24)(H,23,25). The maximum atomic E-state index is 12.3. The van der Waals surface area contributed by atoms with Gasteiger partial charge in [0.1, 0.15) is 5.82 Å². The van der Waals surface area contributed by atoms with Crippen molar-refractivity contribution in [2.24, 2.45) is 0 Å². The van der Waals surface area contributed by atoms with Gasteiger partial charge in [0.2, 0.25) is 0 Å². The van der Waals surface area contributed by atoms with E-state index in [1.54, 1.807) is 36.4 Å². The molecule has 0 saturated heterocycles. The van der Waals surface area contributed by atoms with E-state index < -0.39 is 5.97 Å². The lowest BCUT2D eigenvalue weighted by Gasteiger charge is -2.10. The fourth-order valence-corrected chi connectivity index (χ4v) is 2.55. The molecule has 27 heavy (non-hydrogen) atoms. The Morgan fingerprint density at radius 3 is 2.52 bits per heavy atom. The lowest BCUT2D eigenvalue weighted by molar-refractivity contribution is 0.0601. The monoisotopic (exact) mass is 361 g/mol. The number of carbonyl (C=O) groups excluding carboxylic acids is 2. The van der Waals surface area contributed by atoms with Gasteiger partial charge in [0, 0.05) is 11.9 Å². The molecule has 0 aliphatic rings. The van der Waals surface area contributed by atoms with Crippen molar-refractivity contribution in [3.63, 3.8) is 0 Å². The number of anilines is 3. The second-order valence-corrected chi connectivity index (χ2v) is 5.92. The second-order valence-electron chi connectivity index (χ2n) is 5.92. The molecule has 0 bridgehead atoms. The van der Waals surface area contributed by atoms with Crippen molar-refractivity contribution in [2.45, 2.75) is 6.92 Å². The van der Waals surface area contributed by atoms with E-state index in [0.29, 0.717) is 22.6 Å². The quantitative estimate of drug-likeness (QED) is 0.667. The zero-order valence-corrected chi connectivity index (χ0v) is 15.0. The molecule has 3 rings (SSSR count).